The van der Waals surface area contributed by atoms with E-state index in [9.17, 15) is 18.0 Å². The molecule has 1 aromatic heterocycles. The Morgan fingerprint density at radius 1 is 1.04 bits per heavy atom. The highest BCUT2D eigenvalue weighted by Gasteiger charge is 2.35. The number of aromatic nitrogens is 2. The van der Waals surface area contributed by atoms with Crippen molar-refractivity contribution in [2.24, 2.45) is 0 Å². The number of thioether (sulfide) groups is 1. The minimum Gasteiger partial charge on any atom is -0.338 e. The zero-order valence-corrected chi connectivity index (χ0v) is 15.9. The average molecular weight is 405 g/mol. The quantitative estimate of drug-likeness (QED) is 0.437. The highest BCUT2D eigenvalue weighted by atomic mass is 32.2. The van der Waals surface area contributed by atoms with Gasteiger partial charge in [0, 0.05) is 18.5 Å². The van der Waals surface area contributed by atoms with Gasteiger partial charge in [-0.1, -0.05) is 60.3 Å². The molecule has 4 nitrogen and oxygen atoms in total. The average Bonchev–Trinajstić information content (AvgIpc) is 2.69. The Labute approximate surface area is 164 Å². The van der Waals surface area contributed by atoms with E-state index in [2.05, 4.69) is 9.97 Å². The molecule has 0 spiro atoms. The summed E-state index contributed by atoms with van der Waals surface area (Å²) in [6.45, 7) is 2.83. The molecule has 28 heavy (non-hydrogen) atoms. The van der Waals surface area contributed by atoms with Crippen LogP contribution in [0.1, 0.15) is 18.3 Å². The number of benzene rings is 2. The van der Waals surface area contributed by atoms with Crippen LogP contribution in [0.25, 0.3) is 10.9 Å². The molecule has 0 aliphatic heterocycles. The van der Waals surface area contributed by atoms with Gasteiger partial charge in [0.25, 0.3) is 0 Å². The van der Waals surface area contributed by atoms with Gasteiger partial charge < -0.3 is 4.90 Å². The second-order valence-electron chi connectivity index (χ2n) is 6.05. The minimum atomic E-state index is -4.65. The summed E-state index contributed by atoms with van der Waals surface area (Å²) in [5.41, 5.74) is 1.20. The molecular weight excluding hydrogens is 387 g/mol. The van der Waals surface area contributed by atoms with E-state index in [0.29, 0.717) is 18.5 Å². The van der Waals surface area contributed by atoms with Crippen LogP contribution >= 0.6 is 11.8 Å². The van der Waals surface area contributed by atoms with E-state index >= 15 is 0 Å². The lowest BCUT2D eigenvalue weighted by atomic mass is 10.2. The van der Waals surface area contributed by atoms with Crippen molar-refractivity contribution < 1.29 is 18.0 Å². The summed E-state index contributed by atoms with van der Waals surface area (Å²) in [6, 6.07) is 16.0. The third kappa shape index (κ3) is 4.81. The van der Waals surface area contributed by atoms with E-state index in [4.69, 9.17) is 0 Å². The Kier molecular flexibility index (Phi) is 6.18. The number of para-hydroxylation sites is 1. The van der Waals surface area contributed by atoms with Crippen LogP contribution in [0.4, 0.5) is 13.2 Å². The van der Waals surface area contributed by atoms with Gasteiger partial charge in [0.15, 0.2) is 0 Å². The highest BCUT2D eigenvalue weighted by molar-refractivity contribution is 8.00. The molecule has 2 aromatic carbocycles. The van der Waals surface area contributed by atoms with Crippen LogP contribution in [0.5, 0.6) is 0 Å². The van der Waals surface area contributed by atoms with E-state index in [-0.39, 0.29) is 22.2 Å². The number of rotatable bonds is 6. The standard InChI is InChI=1S/C20H18F3N3OS/c1-2-26(12-14-8-4-3-5-9-14)17(27)13-28-18-15-10-6-7-11-16(15)24-19(25-18)20(21,22)23/h3-11H,2,12-13H2,1H3. The second-order valence-corrected chi connectivity index (χ2v) is 7.01. The maximum absolute atomic E-state index is 13.1. The summed E-state index contributed by atoms with van der Waals surface area (Å²) in [5.74, 6) is -1.36. The maximum atomic E-state index is 13.1. The topological polar surface area (TPSA) is 46.1 Å². The predicted octanol–water partition coefficient (Wildman–Crippen LogP) is 4.79. The smallest absolute Gasteiger partial charge is 0.338 e. The number of hydrogen-bond acceptors (Lipinski definition) is 4. The fraction of sp³-hybridized carbons (Fsp3) is 0.250. The van der Waals surface area contributed by atoms with Gasteiger partial charge in [-0.25, -0.2) is 9.97 Å². The SMILES string of the molecule is CCN(Cc1ccccc1)C(=O)CSc1nc(C(F)(F)F)nc2ccccc12. The summed E-state index contributed by atoms with van der Waals surface area (Å²) in [6.07, 6.45) is -4.65. The van der Waals surface area contributed by atoms with Gasteiger partial charge in [-0.2, -0.15) is 13.2 Å². The molecule has 8 heteroatoms. The third-order valence-corrected chi connectivity index (χ3v) is 5.08. The van der Waals surface area contributed by atoms with Crippen molar-refractivity contribution in [3.63, 3.8) is 0 Å². The molecule has 146 valence electrons. The molecule has 0 aliphatic rings. The lowest BCUT2D eigenvalue weighted by molar-refractivity contribution is -0.145. The van der Waals surface area contributed by atoms with Gasteiger partial charge in [-0.05, 0) is 18.6 Å². The first-order valence-electron chi connectivity index (χ1n) is 8.67. The van der Waals surface area contributed by atoms with Crippen LogP contribution in [-0.2, 0) is 17.5 Å². The molecule has 0 aliphatic carbocycles. The van der Waals surface area contributed by atoms with Crippen LogP contribution in [-0.4, -0.2) is 33.1 Å². The molecule has 0 saturated carbocycles. The number of alkyl halides is 3. The van der Waals surface area contributed by atoms with Crippen molar-refractivity contribution in [2.45, 2.75) is 24.7 Å². The molecule has 1 heterocycles. The number of halogens is 3. The highest BCUT2D eigenvalue weighted by Crippen LogP contribution is 2.32. The summed E-state index contributed by atoms with van der Waals surface area (Å²) in [7, 11) is 0. The van der Waals surface area contributed by atoms with Gasteiger partial charge in [0.1, 0.15) is 5.03 Å². The summed E-state index contributed by atoms with van der Waals surface area (Å²) in [5, 5.41) is 0.654. The van der Waals surface area contributed by atoms with Gasteiger partial charge in [0.05, 0.1) is 11.3 Å². The molecule has 0 fully saturated rings. The molecule has 0 unspecified atom stereocenters. The van der Waals surface area contributed by atoms with E-state index in [1.807, 2.05) is 37.3 Å². The Bertz CT molecular complexity index is 964. The van der Waals surface area contributed by atoms with Crippen LogP contribution in [0.15, 0.2) is 59.6 Å². The Morgan fingerprint density at radius 2 is 1.71 bits per heavy atom. The molecule has 1 amide bonds. The van der Waals surface area contributed by atoms with E-state index in [0.717, 1.165) is 17.3 Å². The summed E-state index contributed by atoms with van der Waals surface area (Å²) in [4.78, 5) is 21.5. The largest absolute Gasteiger partial charge is 0.451 e. The zero-order valence-electron chi connectivity index (χ0n) is 15.1. The number of amides is 1. The lowest BCUT2D eigenvalue weighted by Gasteiger charge is -2.21. The van der Waals surface area contributed by atoms with Crippen molar-refractivity contribution >= 4 is 28.6 Å². The van der Waals surface area contributed by atoms with Crippen molar-refractivity contribution in [3.8, 4) is 0 Å². The Morgan fingerprint density at radius 3 is 2.39 bits per heavy atom. The van der Waals surface area contributed by atoms with Crippen LogP contribution in [0.3, 0.4) is 0 Å². The van der Waals surface area contributed by atoms with E-state index in [1.165, 1.54) is 6.07 Å². The first kappa shape index (κ1) is 20.1. The third-order valence-electron chi connectivity index (χ3n) is 4.10. The molecule has 0 atom stereocenters. The first-order chi connectivity index (χ1) is 13.4. The molecule has 0 saturated heterocycles. The predicted molar refractivity (Wildman–Crippen MR) is 103 cm³/mol. The van der Waals surface area contributed by atoms with Crippen molar-refractivity contribution in [1.82, 2.24) is 14.9 Å². The minimum absolute atomic E-state index is 0.00101. The van der Waals surface area contributed by atoms with Gasteiger partial charge in [0.2, 0.25) is 11.7 Å². The molecular formula is C20H18F3N3OS. The monoisotopic (exact) mass is 405 g/mol. The molecule has 3 rings (SSSR count). The van der Waals surface area contributed by atoms with Crippen LogP contribution in [0.2, 0.25) is 0 Å². The number of carbonyl (C=O) groups is 1. The van der Waals surface area contributed by atoms with Crippen LogP contribution in [0, 0.1) is 0 Å². The maximum Gasteiger partial charge on any atom is 0.451 e. The van der Waals surface area contributed by atoms with Crippen molar-refractivity contribution in [2.75, 3.05) is 12.3 Å². The van der Waals surface area contributed by atoms with E-state index in [1.54, 1.807) is 23.1 Å². The fourth-order valence-electron chi connectivity index (χ4n) is 2.69. The van der Waals surface area contributed by atoms with Gasteiger partial charge >= 0.3 is 6.18 Å². The number of hydrogen-bond donors (Lipinski definition) is 0. The molecule has 0 radical (unpaired) electrons. The van der Waals surface area contributed by atoms with Crippen molar-refractivity contribution in [3.05, 3.63) is 66.0 Å². The van der Waals surface area contributed by atoms with Gasteiger partial charge in [-0.15, -0.1) is 0 Å². The first-order valence-corrected chi connectivity index (χ1v) is 9.65. The zero-order chi connectivity index (χ0) is 20.1. The van der Waals surface area contributed by atoms with Crippen molar-refractivity contribution in [1.29, 1.82) is 0 Å². The van der Waals surface area contributed by atoms with Gasteiger partial charge in [-0.3, -0.25) is 4.79 Å². The number of carbonyl (C=O) groups excluding carboxylic acids is 1. The molecule has 3 aromatic rings. The number of fused-ring (bicyclic) bond motifs is 1. The van der Waals surface area contributed by atoms with E-state index < -0.39 is 12.0 Å². The Balaban J connectivity index is 1.79. The second kappa shape index (κ2) is 8.60. The lowest BCUT2D eigenvalue weighted by Crippen LogP contribution is -2.31. The summed E-state index contributed by atoms with van der Waals surface area (Å²) >= 11 is 1.00. The number of nitrogens with zero attached hydrogens (tertiary/aromatic N) is 3. The Hall–Kier alpha value is -2.61. The molecule has 0 bridgehead atoms. The fourth-order valence-corrected chi connectivity index (χ4v) is 3.61. The summed E-state index contributed by atoms with van der Waals surface area (Å²) < 4.78 is 39.3. The normalized spacial score (nSPS) is 11.6. The van der Waals surface area contributed by atoms with Crippen LogP contribution < -0.4 is 0 Å². The molecule has 0 N–H and O–H groups in total.